The second-order valence-corrected chi connectivity index (χ2v) is 4.41. The molecular formula is C15H19N3O3. The zero-order valence-corrected chi connectivity index (χ0v) is 12.4. The number of hydrogen-bond acceptors (Lipinski definition) is 6. The average Bonchev–Trinajstić information content (AvgIpc) is 2.47. The van der Waals surface area contributed by atoms with Gasteiger partial charge in [0.25, 0.3) is 0 Å². The van der Waals surface area contributed by atoms with E-state index in [2.05, 4.69) is 15.3 Å². The summed E-state index contributed by atoms with van der Waals surface area (Å²) in [5.41, 5.74) is 0.756. The summed E-state index contributed by atoms with van der Waals surface area (Å²) >= 11 is 0. The molecule has 0 aliphatic heterocycles. The Balaban J connectivity index is 2.29. The molecule has 1 aromatic carbocycles. The largest absolute Gasteiger partial charge is 0.493 e. The van der Waals surface area contributed by atoms with Crippen molar-refractivity contribution in [3.8, 4) is 17.4 Å². The number of nitrogens with one attached hydrogen (secondary N) is 1. The second kappa shape index (κ2) is 6.90. The Bertz CT molecular complexity index is 617. The molecular weight excluding hydrogens is 270 g/mol. The Labute approximate surface area is 123 Å². The minimum absolute atomic E-state index is 0.0478. The van der Waals surface area contributed by atoms with E-state index in [9.17, 15) is 0 Å². The van der Waals surface area contributed by atoms with Crippen molar-refractivity contribution in [1.29, 1.82) is 0 Å². The summed E-state index contributed by atoms with van der Waals surface area (Å²) < 4.78 is 11.0. The van der Waals surface area contributed by atoms with E-state index in [0.717, 1.165) is 12.1 Å². The van der Waals surface area contributed by atoms with E-state index >= 15 is 0 Å². The third-order valence-electron chi connectivity index (χ3n) is 2.80. The van der Waals surface area contributed by atoms with Gasteiger partial charge in [-0.15, -0.1) is 0 Å². The molecule has 0 spiro atoms. The van der Waals surface area contributed by atoms with Gasteiger partial charge in [0, 0.05) is 12.6 Å². The lowest BCUT2D eigenvalue weighted by atomic mass is 10.2. The Kier molecular flexibility index (Phi) is 4.94. The van der Waals surface area contributed by atoms with Crippen LogP contribution >= 0.6 is 0 Å². The summed E-state index contributed by atoms with van der Waals surface area (Å²) in [7, 11) is 1.55. The van der Waals surface area contributed by atoms with E-state index in [1.165, 1.54) is 0 Å². The predicted octanol–water partition coefficient (Wildman–Crippen LogP) is 2.51. The van der Waals surface area contributed by atoms with Gasteiger partial charge < -0.3 is 19.9 Å². The number of rotatable bonds is 6. The molecule has 1 aromatic heterocycles. The minimum atomic E-state index is -0.0478. The molecule has 0 aliphatic carbocycles. The van der Waals surface area contributed by atoms with E-state index in [0.29, 0.717) is 29.0 Å². The molecule has 0 fully saturated rings. The molecule has 0 saturated heterocycles. The number of aliphatic hydroxyl groups is 1. The SMILES string of the molecule is CCNc1cc(Oc2ccc(CO)cc2OC)nc(C)n1. The van der Waals surface area contributed by atoms with Crippen LogP contribution in [0.2, 0.25) is 0 Å². The second-order valence-electron chi connectivity index (χ2n) is 4.41. The van der Waals surface area contributed by atoms with Gasteiger partial charge in [0.05, 0.1) is 13.7 Å². The number of aliphatic hydroxyl groups excluding tert-OH is 1. The fraction of sp³-hybridized carbons (Fsp3) is 0.333. The van der Waals surface area contributed by atoms with Gasteiger partial charge >= 0.3 is 0 Å². The molecule has 0 amide bonds. The van der Waals surface area contributed by atoms with Gasteiger partial charge in [-0.3, -0.25) is 0 Å². The first-order chi connectivity index (χ1) is 10.2. The van der Waals surface area contributed by atoms with Crippen molar-refractivity contribution >= 4 is 5.82 Å². The molecule has 2 N–H and O–H groups in total. The standard InChI is InChI=1S/C15H19N3O3/c1-4-16-14-8-15(18-10(2)17-14)21-12-6-5-11(9-19)7-13(12)20-3/h5-8,19H,4,9H2,1-3H3,(H,16,17,18). The molecule has 0 unspecified atom stereocenters. The Morgan fingerprint density at radius 2 is 2.00 bits per heavy atom. The number of aryl methyl sites for hydroxylation is 1. The monoisotopic (exact) mass is 289 g/mol. The fourth-order valence-corrected chi connectivity index (χ4v) is 1.87. The van der Waals surface area contributed by atoms with Crippen LogP contribution < -0.4 is 14.8 Å². The maximum atomic E-state index is 9.14. The van der Waals surface area contributed by atoms with Crippen LogP contribution in [0.15, 0.2) is 24.3 Å². The Morgan fingerprint density at radius 3 is 2.67 bits per heavy atom. The van der Waals surface area contributed by atoms with Crippen molar-refractivity contribution in [3.63, 3.8) is 0 Å². The molecule has 0 aliphatic rings. The first-order valence-corrected chi connectivity index (χ1v) is 6.71. The lowest BCUT2D eigenvalue weighted by molar-refractivity contribution is 0.280. The lowest BCUT2D eigenvalue weighted by Gasteiger charge is -2.12. The van der Waals surface area contributed by atoms with Gasteiger partial charge in [0.15, 0.2) is 11.5 Å². The molecule has 2 rings (SSSR count). The average molecular weight is 289 g/mol. The highest BCUT2D eigenvalue weighted by Gasteiger charge is 2.09. The van der Waals surface area contributed by atoms with Crippen molar-refractivity contribution < 1.29 is 14.6 Å². The summed E-state index contributed by atoms with van der Waals surface area (Å²) in [6.07, 6.45) is 0. The number of ether oxygens (including phenoxy) is 2. The van der Waals surface area contributed by atoms with E-state index in [-0.39, 0.29) is 6.61 Å². The third-order valence-corrected chi connectivity index (χ3v) is 2.80. The number of hydrogen-bond donors (Lipinski definition) is 2. The van der Waals surface area contributed by atoms with Crippen molar-refractivity contribution in [1.82, 2.24) is 9.97 Å². The zero-order valence-electron chi connectivity index (χ0n) is 12.4. The van der Waals surface area contributed by atoms with E-state index < -0.39 is 0 Å². The van der Waals surface area contributed by atoms with Gasteiger partial charge in [-0.05, 0) is 31.5 Å². The predicted molar refractivity (Wildman–Crippen MR) is 79.9 cm³/mol. The van der Waals surface area contributed by atoms with Crippen LogP contribution in [0, 0.1) is 6.92 Å². The molecule has 0 atom stereocenters. The summed E-state index contributed by atoms with van der Waals surface area (Å²) in [4.78, 5) is 8.52. The van der Waals surface area contributed by atoms with Gasteiger partial charge in [-0.1, -0.05) is 6.07 Å². The topological polar surface area (TPSA) is 76.5 Å². The Morgan fingerprint density at radius 1 is 1.19 bits per heavy atom. The smallest absolute Gasteiger partial charge is 0.224 e. The highest BCUT2D eigenvalue weighted by Crippen LogP contribution is 2.32. The molecule has 0 radical (unpaired) electrons. The maximum Gasteiger partial charge on any atom is 0.224 e. The van der Waals surface area contributed by atoms with Crippen molar-refractivity contribution in [3.05, 3.63) is 35.7 Å². The van der Waals surface area contributed by atoms with Crippen LogP contribution in [-0.4, -0.2) is 28.7 Å². The maximum absolute atomic E-state index is 9.14. The van der Waals surface area contributed by atoms with Gasteiger partial charge in [-0.2, -0.15) is 4.98 Å². The summed E-state index contributed by atoms with van der Waals surface area (Å²) in [5.74, 6) is 2.85. The summed E-state index contributed by atoms with van der Waals surface area (Å²) in [5, 5.41) is 12.3. The summed E-state index contributed by atoms with van der Waals surface area (Å²) in [6.45, 7) is 4.52. The fourth-order valence-electron chi connectivity index (χ4n) is 1.87. The third kappa shape index (κ3) is 3.82. The molecule has 0 bridgehead atoms. The van der Waals surface area contributed by atoms with Gasteiger partial charge in [-0.25, -0.2) is 4.98 Å². The van der Waals surface area contributed by atoms with Crippen LogP contribution in [0.5, 0.6) is 17.4 Å². The van der Waals surface area contributed by atoms with E-state index in [4.69, 9.17) is 14.6 Å². The first-order valence-electron chi connectivity index (χ1n) is 6.71. The summed E-state index contributed by atoms with van der Waals surface area (Å²) in [6, 6.07) is 6.98. The Hall–Kier alpha value is -2.34. The number of nitrogens with zero attached hydrogens (tertiary/aromatic N) is 2. The van der Waals surface area contributed by atoms with Crippen LogP contribution in [0.4, 0.5) is 5.82 Å². The number of anilines is 1. The normalized spacial score (nSPS) is 10.3. The van der Waals surface area contributed by atoms with Crippen LogP contribution in [-0.2, 0) is 6.61 Å². The molecule has 1 heterocycles. The highest BCUT2D eigenvalue weighted by atomic mass is 16.5. The van der Waals surface area contributed by atoms with E-state index in [1.54, 1.807) is 38.3 Å². The minimum Gasteiger partial charge on any atom is -0.493 e. The van der Waals surface area contributed by atoms with Crippen LogP contribution in [0.3, 0.4) is 0 Å². The number of methoxy groups -OCH3 is 1. The number of aromatic nitrogens is 2. The quantitative estimate of drug-likeness (QED) is 0.851. The molecule has 6 heteroatoms. The van der Waals surface area contributed by atoms with Crippen molar-refractivity contribution in [2.45, 2.75) is 20.5 Å². The number of benzene rings is 1. The van der Waals surface area contributed by atoms with Crippen molar-refractivity contribution in [2.24, 2.45) is 0 Å². The molecule has 2 aromatic rings. The zero-order chi connectivity index (χ0) is 15.2. The first kappa shape index (κ1) is 15.1. The molecule has 112 valence electrons. The molecule has 6 nitrogen and oxygen atoms in total. The van der Waals surface area contributed by atoms with Crippen LogP contribution in [0.1, 0.15) is 18.3 Å². The van der Waals surface area contributed by atoms with Crippen molar-refractivity contribution in [2.75, 3.05) is 19.0 Å². The lowest BCUT2D eigenvalue weighted by Crippen LogP contribution is -2.03. The molecule has 21 heavy (non-hydrogen) atoms. The highest BCUT2D eigenvalue weighted by molar-refractivity contribution is 5.46. The van der Waals surface area contributed by atoms with Gasteiger partial charge in [0.1, 0.15) is 11.6 Å². The van der Waals surface area contributed by atoms with E-state index in [1.807, 2.05) is 6.92 Å². The molecule has 0 saturated carbocycles. The van der Waals surface area contributed by atoms with Gasteiger partial charge in [0.2, 0.25) is 5.88 Å². The van der Waals surface area contributed by atoms with Crippen LogP contribution in [0.25, 0.3) is 0 Å².